The lowest BCUT2D eigenvalue weighted by molar-refractivity contribution is -0.115. The Morgan fingerprint density at radius 2 is 1.90 bits per heavy atom. The Kier molecular flexibility index (Phi) is 5.79. The summed E-state index contributed by atoms with van der Waals surface area (Å²) in [6.45, 7) is 1.68. The molecule has 1 fully saturated rings. The molecule has 152 valence electrons. The second-order valence-corrected chi connectivity index (χ2v) is 8.45. The van der Waals surface area contributed by atoms with Gasteiger partial charge in [-0.05, 0) is 66.6 Å². The zero-order chi connectivity index (χ0) is 21.3. The fraction of sp³-hybridized carbons (Fsp3) is 0.130. The van der Waals surface area contributed by atoms with Crippen LogP contribution in [0.3, 0.4) is 0 Å². The molecule has 2 amide bonds. The highest BCUT2D eigenvalue weighted by atomic mass is 35.5. The van der Waals surface area contributed by atoms with E-state index in [1.165, 1.54) is 17.8 Å². The summed E-state index contributed by atoms with van der Waals surface area (Å²) in [7, 11) is 0. The van der Waals surface area contributed by atoms with Crippen molar-refractivity contribution in [2.45, 2.75) is 12.3 Å². The molecule has 1 saturated heterocycles. The standard InChI is InChI=1S/C23H18ClFN2O2S/c1-14-5-10-19(12-20(14)25)27-21(28)13-30-23(27)16-3-2-4-18(11-16)26-22(29)15-6-8-17(24)9-7-15/h2-12,23H,13H2,1H3,(H,26,29)/t23-/m0/s1. The van der Waals surface area contributed by atoms with E-state index < -0.39 is 0 Å². The number of thioether (sulfide) groups is 1. The Hall–Kier alpha value is -2.83. The second kappa shape index (κ2) is 8.50. The van der Waals surface area contributed by atoms with Gasteiger partial charge in [0.25, 0.3) is 5.91 Å². The molecule has 3 aromatic carbocycles. The summed E-state index contributed by atoms with van der Waals surface area (Å²) in [6.07, 6.45) is 0. The molecule has 0 saturated carbocycles. The number of nitrogens with one attached hydrogen (secondary N) is 1. The molecule has 1 aliphatic rings. The number of hydrogen-bond acceptors (Lipinski definition) is 3. The third-order valence-electron chi connectivity index (χ3n) is 4.84. The summed E-state index contributed by atoms with van der Waals surface area (Å²) in [6, 6.07) is 18.8. The lowest BCUT2D eigenvalue weighted by Gasteiger charge is -2.25. The monoisotopic (exact) mass is 440 g/mol. The molecule has 1 N–H and O–H groups in total. The number of aryl methyl sites for hydroxylation is 1. The van der Waals surface area contributed by atoms with Crippen LogP contribution in [0.15, 0.2) is 66.7 Å². The maximum atomic E-state index is 14.1. The minimum Gasteiger partial charge on any atom is -0.322 e. The van der Waals surface area contributed by atoms with E-state index in [9.17, 15) is 14.0 Å². The molecule has 1 aliphatic heterocycles. The van der Waals surface area contributed by atoms with Crippen LogP contribution in [0.1, 0.15) is 26.9 Å². The molecule has 1 heterocycles. The van der Waals surface area contributed by atoms with E-state index >= 15 is 0 Å². The molecule has 0 aliphatic carbocycles. The average Bonchev–Trinajstić information content (AvgIpc) is 3.12. The first-order chi connectivity index (χ1) is 14.4. The quantitative estimate of drug-likeness (QED) is 0.556. The van der Waals surface area contributed by atoms with Gasteiger partial charge in [-0.15, -0.1) is 11.8 Å². The van der Waals surface area contributed by atoms with Crippen molar-refractivity contribution < 1.29 is 14.0 Å². The van der Waals surface area contributed by atoms with Gasteiger partial charge >= 0.3 is 0 Å². The highest BCUT2D eigenvalue weighted by molar-refractivity contribution is 8.00. The number of halogens is 2. The summed E-state index contributed by atoms with van der Waals surface area (Å²) >= 11 is 7.34. The van der Waals surface area contributed by atoms with Crippen molar-refractivity contribution in [2.75, 3.05) is 16.0 Å². The molecular formula is C23H18ClFN2O2S. The maximum Gasteiger partial charge on any atom is 0.255 e. The van der Waals surface area contributed by atoms with Crippen LogP contribution in [0.2, 0.25) is 5.02 Å². The lowest BCUT2D eigenvalue weighted by atomic mass is 10.1. The van der Waals surface area contributed by atoms with Crippen molar-refractivity contribution in [3.63, 3.8) is 0 Å². The highest BCUT2D eigenvalue weighted by Crippen LogP contribution is 2.42. The number of carbonyl (C=O) groups excluding carboxylic acids is 2. The minimum absolute atomic E-state index is 0.0798. The second-order valence-electron chi connectivity index (χ2n) is 6.95. The Morgan fingerprint density at radius 1 is 1.13 bits per heavy atom. The molecule has 0 unspecified atom stereocenters. The van der Waals surface area contributed by atoms with Crippen molar-refractivity contribution in [1.82, 2.24) is 0 Å². The van der Waals surface area contributed by atoms with Gasteiger partial charge in [-0.1, -0.05) is 29.8 Å². The third-order valence-corrected chi connectivity index (χ3v) is 6.30. The zero-order valence-electron chi connectivity index (χ0n) is 16.1. The van der Waals surface area contributed by atoms with E-state index in [2.05, 4.69) is 5.32 Å². The third kappa shape index (κ3) is 4.20. The smallest absolute Gasteiger partial charge is 0.255 e. The number of hydrogen-bond donors (Lipinski definition) is 1. The van der Waals surface area contributed by atoms with Crippen LogP contribution in [-0.2, 0) is 4.79 Å². The van der Waals surface area contributed by atoms with Crippen LogP contribution in [0.5, 0.6) is 0 Å². The van der Waals surface area contributed by atoms with Crippen LogP contribution in [0.4, 0.5) is 15.8 Å². The van der Waals surface area contributed by atoms with Crippen molar-refractivity contribution in [1.29, 1.82) is 0 Å². The molecule has 1 atom stereocenters. The zero-order valence-corrected chi connectivity index (χ0v) is 17.6. The fourth-order valence-electron chi connectivity index (χ4n) is 3.26. The van der Waals surface area contributed by atoms with E-state index in [1.807, 2.05) is 18.2 Å². The Labute approximate surface area is 183 Å². The summed E-state index contributed by atoms with van der Waals surface area (Å²) < 4.78 is 14.1. The summed E-state index contributed by atoms with van der Waals surface area (Å²) in [4.78, 5) is 26.6. The lowest BCUT2D eigenvalue weighted by Crippen LogP contribution is -2.28. The Balaban J connectivity index is 1.59. The fourth-order valence-corrected chi connectivity index (χ4v) is 4.55. The van der Waals surface area contributed by atoms with Crippen LogP contribution in [0, 0.1) is 12.7 Å². The van der Waals surface area contributed by atoms with Crippen molar-refractivity contribution in [3.8, 4) is 0 Å². The van der Waals surface area contributed by atoms with Gasteiger partial charge in [-0.3, -0.25) is 14.5 Å². The molecule has 7 heteroatoms. The average molecular weight is 441 g/mol. The van der Waals surface area contributed by atoms with E-state index in [0.29, 0.717) is 33.3 Å². The highest BCUT2D eigenvalue weighted by Gasteiger charge is 2.34. The van der Waals surface area contributed by atoms with Crippen LogP contribution < -0.4 is 10.2 Å². The van der Waals surface area contributed by atoms with E-state index in [-0.39, 0.29) is 23.0 Å². The van der Waals surface area contributed by atoms with Crippen molar-refractivity contribution in [2.24, 2.45) is 0 Å². The first-order valence-electron chi connectivity index (χ1n) is 9.29. The number of benzene rings is 3. The molecule has 0 radical (unpaired) electrons. The van der Waals surface area contributed by atoms with Crippen molar-refractivity contribution in [3.05, 3.63) is 94.3 Å². The topological polar surface area (TPSA) is 49.4 Å². The molecule has 3 aromatic rings. The van der Waals surface area contributed by atoms with Gasteiger partial charge in [0.2, 0.25) is 5.91 Å². The molecule has 4 nitrogen and oxygen atoms in total. The minimum atomic E-state index is -0.347. The van der Waals surface area contributed by atoms with Gasteiger partial charge < -0.3 is 5.32 Å². The molecule has 4 rings (SSSR count). The summed E-state index contributed by atoms with van der Waals surface area (Å²) in [5.74, 6) is -0.373. The SMILES string of the molecule is Cc1ccc(N2C(=O)CS[C@H]2c2cccc(NC(=O)c3ccc(Cl)cc3)c2)cc1F. The van der Waals surface area contributed by atoms with Crippen LogP contribution >= 0.6 is 23.4 Å². The first-order valence-corrected chi connectivity index (χ1v) is 10.7. The maximum absolute atomic E-state index is 14.1. The number of rotatable bonds is 4. The van der Waals surface area contributed by atoms with Gasteiger partial charge in [-0.2, -0.15) is 0 Å². The van der Waals surface area contributed by atoms with Crippen LogP contribution in [-0.4, -0.2) is 17.6 Å². The normalized spacial score (nSPS) is 16.0. The van der Waals surface area contributed by atoms with Gasteiger partial charge in [0.15, 0.2) is 0 Å². The summed E-state index contributed by atoms with van der Waals surface area (Å²) in [5, 5.41) is 3.13. The predicted octanol–water partition coefficient (Wildman–Crippen LogP) is 5.82. The van der Waals surface area contributed by atoms with E-state index in [1.54, 1.807) is 54.3 Å². The molecule has 0 bridgehead atoms. The molecule has 30 heavy (non-hydrogen) atoms. The predicted molar refractivity (Wildman–Crippen MR) is 120 cm³/mol. The molecule has 0 spiro atoms. The van der Waals surface area contributed by atoms with Gasteiger partial charge in [0, 0.05) is 22.0 Å². The van der Waals surface area contributed by atoms with Gasteiger partial charge in [0.05, 0.1) is 5.75 Å². The van der Waals surface area contributed by atoms with Crippen LogP contribution in [0.25, 0.3) is 0 Å². The van der Waals surface area contributed by atoms with Crippen molar-refractivity contribution >= 4 is 46.6 Å². The number of carbonyl (C=O) groups is 2. The van der Waals surface area contributed by atoms with Gasteiger partial charge in [-0.25, -0.2) is 4.39 Å². The summed E-state index contributed by atoms with van der Waals surface area (Å²) in [5.41, 5.74) is 3.00. The molecular weight excluding hydrogens is 423 g/mol. The van der Waals surface area contributed by atoms with E-state index in [4.69, 9.17) is 11.6 Å². The first kappa shape index (κ1) is 20.4. The molecule has 0 aromatic heterocycles. The number of anilines is 2. The Bertz CT molecular complexity index is 1120. The number of amides is 2. The van der Waals surface area contributed by atoms with E-state index in [0.717, 1.165) is 5.56 Å². The Morgan fingerprint density at radius 3 is 2.63 bits per heavy atom. The van der Waals surface area contributed by atoms with Gasteiger partial charge in [0.1, 0.15) is 11.2 Å². The largest absolute Gasteiger partial charge is 0.322 e. The number of nitrogens with zero attached hydrogens (tertiary/aromatic N) is 1.